The summed E-state index contributed by atoms with van der Waals surface area (Å²) in [6, 6.07) is 3.79. The molecule has 160 valence electrons. The third-order valence-corrected chi connectivity index (χ3v) is 4.36. The average Bonchev–Trinajstić information content (AvgIpc) is 2.69. The Labute approximate surface area is 174 Å². The van der Waals surface area contributed by atoms with Crippen molar-refractivity contribution >= 4 is 11.9 Å². The molecule has 2 aromatic heterocycles. The molecule has 1 amide bonds. The molecule has 0 saturated carbocycles. The van der Waals surface area contributed by atoms with Gasteiger partial charge in [-0.1, -0.05) is 21.3 Å². The number of rotatable bonds is 2. The number of piperidine rings is 1. The van der Waals surface area contributed by atoms with Crippen LogP contribution in [0, 0.1) is 0 Å². The summed E-state index contributed by atoms with van der Waals surface area (Å²) in [6.45, 7) is 11.0. The van der Waals surface area contributed by atoms with E-state index in [1.54, 1.807) is 23.4 Å². The Hall–Kier alpha value is -2.70. The molecular formula is C22H35N5O2. The molecule has 0 bridgehead atoms. The first kappa shape index (κ1) is 24.3. The van der Waals surface area contributed by atoms with Gasteiger partial charge < -0.3 is 15.4 Å². The Kier molecular flexibility index (Phi) is 9.01. The largest absolute Gasteiger partial charge is 0.444 e. The van der Waals surface area contributed by atoms with Crippen LogP contribution in [0.4, 0.5) is 10.6 Å². The molecule has 7 nitrogen and oxygen atoms in total. The van der Waals surface area contributed by atoms with E-state index in [0.29, 0.717) is 30.6 Å². The predicted octanol–water partition coefficient (Wildman–Crippen LogP) is 4.90. The molecular weight excluding hydrogens is 366 g/mol. The van der Waals surface area contributed by atoms with Gasteiger partial charge in [-0.2, -0.15) is 0 Å². The summed E-state index contributed by atoms with van der Waals surface area (Å²) in [5.74, 6) is 1.32. The average molecular weight is 402 g/mol. The van der Waals surface area contributed by atoms with Crippen LogP contribution in [-0.4, -0.2) is 44.6 Å². The number of pyridine rings is 1. The lowest BCUT2D eigenvalue weighted by Gasteiger charge is -2.33. The summed E-state index contributed by atoms with van der Waals surface area (Å²) in [5.41, 5.74) is 7.39. The van der Waals surface area contributed by atoms with Gasteiger partial charge in [-0.05, 0) is 57.2 Å². The number of carbonyl (C=O) groups excluding carboxylic acids is 1. The van der Waals surface area contributed by atoms with E-state index >= 15 is 0 Å². The molecule has 0 aliphatic carbocycles. The fourth-order valence-corrected chi connectivity index (χ4v) is 3.05. The highest BCUT2D eigenvalue weighted by atomic mass is 16.6. The summed E-state index contributed by atoms with van der Waals surface area (Å²) in [6.07, 6.45) is 6.67. The molecule has 1 saturated heterocycles. The van der Waals surface area contributed by atoms with Crippen LogP contribution in [0.5, 0.6) is 0 Å². The minimum atomic E-state index is -0.473. The van der Waals surface area contributed by atoms with Crippen LogP contribution in [0.2, 0.25) is 0 Å². The zero-order chi connectivity index (χ0) is 20.7. The van der Waals surface area contributed by atoms with E-state index in [4.69, 9.17) is 10.5 Å². The standard InChI is InChI=1S/C19H25N5O2.C2H6.CH4/c1-19(2,3)26-18(25)24-9-5-13(6-10-24)14-11-15(16(20)23-12-14)17-21-7-4-8-22-17;1-2;/h4,7-8,11-13H,5-6,9-10H2,1-3H3,(H2,20,23);1-2H3;1H4. The molecule has 0 atom stereocenters. The third kappa shape index (κ3) is 6.69. The van der Waals surface area contributed by atoms with Gasteiger partial charge in [-0.15, -0.1) is 0 Å². The lowest BCUT2D eigenvalue weighted by atomic mass is 9.90. The molecule has 29 heavy (non-hydrogen) atoms. The Morgan fingerprint density at radius 3 is 2.28 bits per heavy atom. The van der Waals surface area contributed by atoms with Crippen molar-refractivity contribution in [3.63, 3.8) is 0 Å². The number of hydrogen-bond acceptors (Lipinski definition) is 6. The number of aromatic nitrogens is 3. The molecule has 1 fully saturated rings. The molecule has 0 radical (unpaired) electrons. The number of likely N-dealkylation sites (tertiary alicyclic amines) is 1. The van der Waals surface area contributed by atoms with Crippen LogP contribution < -0.4 is 5.73 Å². The van der Waals surface area contributed by atoms with Crippen LogP contribution in [0.1, 0.15) is 66.4 Å². The topological polar surface area (TPSA) is 94.2 Å². The minimum Gasteiger partial charge on any atom is -0.444 e. The lowest BCUT2D eigenvalue weighted by molar-refractivity contribution is 0.0205. The van der Waals surface area contributed by atoms with E-state index in [2.05, 4.69) is 15.0 Å². The van der Waals surface area contributed by atoms with Gasteiger partial charge in [0.2, 0.25) is 0 Å². The number of carbonyl (C=O) groups is 1. The quantitative estimate of drug-likeness (QED) is 0.769. The third-order valence-electron chi connectivity index (χ3n) is 4.36. The number of hydrogen-bond donors (Lipinski definition) is 1. The van der Waals surface area contributed by atoms with Crippen molar-refractivity contribution < 1.29 is 9.53 Å². The van der Waals surface area contributed by atoms with E-state index in [1.807, 2.05) is 46.9 Å². The summed E-state index contributed by atoms with van der Waals surface area (Å²) < 4.78 is 5.45. The van der Waals surface area contributed by atoms with Gasteiger partial charge in [-0.3, -0.25) is 0 Å². The zero-order valence-corrected chi connectivity index (χ0v) is 17.5. The Morgan fingerprint density at radius 1 is 1.14 bits per heavy atom. The molecule has 3 rings (SSSR count). The second-order valence-electron chi connectivity index (χ2n) is 7.52. The molecule has 1 aliphatic rings. The van der Waals surface area contributed by atoms with Crippen LogP contribution >= 0.6 is 0 Å². The second kappa shape index (κ2) is 10.7. The zero-order valence-electron chi connectivity index (χ0n) is 17.5. The van der Waals surface area contributed by atoms with Crippen molar-refractivity contribution in [2.45, 2.75) is 66.4 Å². The molecule has 7 heteroatoms. The van der Waals surface area contributed by atoms with Crippen molar-refractivity contribution in [3.8, 4) is 11.4 Å². The van der Waals surface area contributed by atoms with Crippen molar-refractivity contribution in [2.75, 3.05) is 18.8 Å². The normalized spacial score (nSPS) is 14.3. The van der Waals surface area contributed by atoms with E-state index in [0.717, 1.165) is 24.0 Å². The van der Waals surface area contributed by atoms with Crippen molar-refractivity contribution in [1.82, 2.24) is 19.9 Å². The van der Waals surface area contributed by atoms with Crippen LogP contribution in [-0.2, 0) is 4.74 Å². The number of anilines is 1. The maximum atomic E-state index is 12.2. The molecule has 0 aromatic carbocycles. The number of nitrogens with two attached hydrogens (primary N) is 1. The summed E-state index contributed by atoms with van der Waals surface area (Å²) in [4.78, 5) is 26.8. The summed E-state index contributed by atoms with van der Waals surface area (Å²) >= 11 is 0. The van der Waals surface area contributed by atoms with E-state index in [9.17, 15) is 4.79 Å². The van der Waals surface area contributed by atoms with Gasteiger partial charge in [-0.25, -0.2) is 19.7 Å². The van der Waals surface area contributed by atoms with Gasteiger partial charge in [0.15, 0.2) is 5.82 Å². The predicted molar refractivity (Wildman–Crippen MR) is 118 cm³/mol. The Bertz CT molecular complexity index is 767. The highest BCUT2D eigenvalue weighted by molar-refractivity contribution is 5.69. The number of nitrogen functional groups attached to an aromatic ring is 1. The summed E-state index contributed by atoms with van der Waals surface area (Å²) in [5, 5.41) is 0. The van der Waals surface area contributed by atoms with Crippen LogP contribution in [0.15, 0.2) is 30.7 Å². The Morgan fingerprint density at radius 2 is 1.72 bits per heavy atom. The first-order valence-corrected chi connectivity index (χ1v) is 9.84. The van der Waals surface area contributed by atoms with Gasteiger partial charge in [0.05, 0.1) is 5.56 Å². The first-order chi connectivity index (χ1) is 13.3. The molecule has 2 N–H and O–H groups in total. The van der Waals surface area contributed by atoms with Gasteiger partial charge in [0.25, 0.3) is 0 Å². The number of nitrogens with zero attached hydrogens (tertiary/aromatic N) is 4. The lowest BCUT2D eigenvalue weighted by Crippen LogP contribution is -2.41. The van der Waals surface area contributed by atoms with Gasteiger partial charge in [0.1, 0.15) is 11.4 Å². The minimum absolute atomic E-state index is 0. The summed E-state index contributed by atoms with van der Waals surface area (Å²) in [7, 11) is 0. The number of ether oxygens (including phenoxy) is 1. The molecule has 3 heterocycles. The highest BCUT2D eigenvalue weighted by Gasteiger charge is 2.28. The highest BCUT2D eigenvalue weighted by Crippen LogP contribution is 2.31. The first-order valence-electron chi connectivity index (χ1n) is 9.84. The molecule has 1 aliphatic heterocycles. The fraction of sp³-hybridized carbons (Fsp3) is 0.545. The van der Waals surface area contributed by atoms with Crippen molar-refractivity contribution in [3.05, 3.63) is 36.3 Å². The molecule has 0 unspecified atom stereocenters. The van der Waals surface area contributed by atoms with Crippen molar-refractivity contribution in [1.29, 1.82) is 0 Å². The van der Waals surface area contributed by atoms with Gasteiger partial charge >= 0.3 is 6.09 Å². The van der Waals surface area contributed by atoms with E-state index < -0.39 is 5.60 Å². The maximum Gasteiger partial charge on any atom is 0.410 e. The fourth-order valence-electron chi connectivity index (χ4n) is 3.05. The van der Waals surface area contributed by atoms with E-state index in [-0.39, 0.29) is 13.5 Å². The smallest absolute Gasteiger partial charge is 0.410 e. The monoisotopic (exact) mass is 401 g/mol. The van der Waals surface area contributed by atoms with Crippen molar-refractivity contribution in [2.24, 2.45) is 0 Å². The molecule has 2 aromatic rings. The number of amides is 1. The maximum absolute atomic E-state index is 12.2. The second-order valence-corrected chi connectivity index (χ2v) is 7.52. The van der Waals surface area contributed by atoms with E-state index in [1.165, 1.54) is 0 Å². The SMILES string of the molecule is C.CC.CC(C)(C)OC(=O)N1CCC(c2cnc(N)c(-c3ncccn3)c2)CC1. The van der Waals surface area contributed by atoms with Gasteiger partial charge in [0, 0.05) is 31.7 Å². The Balaban J connectivity index is 0.00000136. The van der Waals surface area contributed by atoms with Crippen LogP contribution in [0.3, 0.4) is 0 Å². The van der Waals surface area contributed by atoms with Crippen LogP contribution in [0.25, 0.3) is 11.4 Å². The molecule has 0 spiro atoms.